The lowest BCUT2D eigenvalue weighted by molar-refractivity contribution is -0.133. The molecule has 0 aliphatic heterocycles. The predicted molar refractivity (Wildman–Crippen MR) is 66.2 cm³/mol. The molecule has 2 N–H and O–H groups in total. The molecule has 4 heteroatoms. The highest BCUT2D eigenvalue weighted by Gasteiger charge is 2.15. The summed E-state index contributed by atoms with van der Waals surface area (Å²) in [6.07, 6.45) is 3.61. The molecular formula is C12H26N2O2. The zero-order valence-corrected chi connectivity index (χ0v) is 10.9. The first-order chi connectivity index (χ1) is 7.63. The molecule has 0 aliphatic carbocycles. The minimum atomic E-state index is 0.226. The van der Waals surface area contributed by atoms with E-state index in [1.807, 2.05) is 18.7 Å². The van der Waals surface area contributed by atoms with Crippen molar-refractivity contribution in [3.05, 3.63) is 0 Å². The van der Waals surface area contributed by atoms with Crippen molar-refractivity contribution in [2.24, 2.45) is 5.73 Å². The lowest BCUT2D eigenvalue weighted by Crippen LogP contribution is -2.39. The Kier molecular flexibility index (Phi) is 9.24. The van der Waals surface area contributed by atoms with Crippen molar-refractivity contribution in [1.29, 1.82) is 0 Å². The number of carbonyl (C=O) groups excluding carboxylic acids is 1. The first-order valence-corrected chi connectivity index (χ1v) is 6.12. The number of nitrogens with two attached hydrogens (primary N) is 1. The molecule has 0 saturated heterocycles. The number of ether oxygens (including phenoxy) is 1. The summed E-state index contributed by atoms with van der Waals surface area (Å²) in [7, 11) is 1.66. The van der Waals surface area contributed by atoms with E-state index < -0.39 is 0 Å². The van der Waals surface area contributed by atoms with Gasteiger partial charge in [-0.05, 0) is 33.2 Å². The third-order valence-corrected chi connectivity index (χ3v) is 2.57. The monoisotopic (exact) mass is 230 g/mol. The van der Waals surface area contributed by atoms with Crippen LogP contribution in [0.1, 0.15) is 39.5 Å². The zero-order valence-electron chi connectivity index (χ0n) is 10.9. The minimum Gasteiger partial charge on any atom is -0.383 e. The molecule has 0 radical (unpaired) electrons. The van der Waals surface area contributed by atoms with E-state index in [1.165, 1.54) is 0 Å². The quantitative estimate of drug-likeness (QED) is 0.609. The summed E-state index contributed by atoms with van der Waals surface area (Å²) < 4.78 is 5.01. The van der Waals surface area contributed by atoms with Crippen LogP contribution in [0.2, 0.25) is 0 Å². The van der Waals surface area contributed by atoms with Crippen molar-refractivity contribution in [3.8, 4) is 0 Å². The highest BCUT2D eigenvalue weighted by atomic mass is 16.5. The summed E-state index contributed by atoms with van der Waals surface area (Å²) in [6.45, 7) is 6.07. The van der Waals surface area contributed by atoms with Crippen molar-refractivity contribution in [2.45, 2.75) is 45.6 Å². The molecule has 0 aromatic heterocycles. The molecule has 4 nitrogen and oxygen atoms in total. The fourth-order valence-electron chi connectivity index (χ4n) is 1.60. The smallest absolute Gasteiger partial charge is 0.222 e. The molecule has 0 unspecified atom stereocenters. The second kappa shape index (κ2) is 9.60. The molecule has 0 fully saturated rings. The van der Waals surface area contributed by atoms with Crippen LogP contribution in [0.4, 0.5) is 0 Å². The van der Waals surface area contributed by atoms with Crippen LogP contribution in [-0.4, -0.2) is 43.7 Å². The van der Waals surface area contributed by atoms with Gasteiger partial charge in [0.15, 0.2) is 0 Å². The summed E-state index contributed by atoms with van der Waals surface area (Å²) in [5.41, 5.74) is 5.41. The highest BCUT2D eigenvalue weighted by molar-refractivity contribution is 5.76. The second-order valence-corrected chi connectivity index (χ2v) is 4.27. The summed E-state index contributed by atoms with van der Waals surface area (Å²) >= 11 is 0. The molecule has 0 bridgehead atoms. The van der Waals surface area contributed by atoms with Crippen LogP contribution >= 0.6 is 0 Å². The van der Waals surface area contributed by atoms with Crippen LogP contribution in [0, 0.1) is 0 Å². The lowest BCUT2D eigenvalue weighted by Gasteiger charge is -2.26. The summed E-state index contributed by atoms with van der Waals surface area (Å²) in [5.74, 6) is 0.226. The van der Waals surface area contributed by atoms with E-state index in [0.29, 0.717) is 26.1 Å². The summed E-state index contributed by atoms with van der Waals surface area (Å²) in [4.78, 5) is 13.8. The Morgan fingerprint density at radius 3 is 2.50 bits per heavy atom. The molecule has 0 saturated carbocycles. The van der Waals surface area contributed by atoms with Gasteiger partial charge in [-0.15, -0.1) is 0 Å². The average molecular weight is 230 g/mol. The Morgan fingerprint density at radius 1 is 1.31 bits per heavy atom. The molecule has 96 valence electrons. The molecule has 16 heavy (non-hydrogen) atoms. The zero-order chi connectivity index (χ0) is 12.4. The maximum Gasteiger partial charge on any atom is 0.222 e. The van der Waals surface area contributed by atoms with Crippen molar-refractivity contribution in [2.75, 3.05) is 26.8 Å². The average Bonchev–Trinajstić information content (AvgIpc) is 2.24. The van der Waals surface area contributed by atoms with Gasteiger partial charge in [0, 0.05) is 26.1 Å². The second-order valence-electron chi connectivity index (χ2n) is 4.27. The first kappa shape index (κ1) is 15.4. The topological polar surface area (TPSA) is 55.6 Å². The number of rotatable bonds is 9. The molecule has 0 spiro atoms. The fourth-order valence-corrected chi connectivity index (χ4v) is 1.60. The van der Waals surface area contributed by atoms with E-state index in [2.05, 4.69) is 0 Å². The van der Waals surface area contributed by atoms with Gasteiger partial charge >= 0.3 is 0 Å². The summed E-state index contributed by atoms with van der Waals surface area (Å²) in [6, 6.07) is 0.247. The van der Waals surface area contributed by atoms with Gasteiger partial charge in [0.2, 0.25) is 5.91 Å². The van der Waals surface area contributed by atoms with Crippen molar-refractivity contribution in [3.63, 3.8) is 0 Å². The standard InChI is InChI=1S/C12H26N2O2/c1-11(2)14(9-10-16-3)12(15)7-5-4-6-8-13/h11H,4-10,13H2,1-3H3. The molecular weight excluding hydrogens is 204 g/mol. The van der Waals surface area contributed by atoms with Crippen LogP contribution < -0.4 is 5.73 Å². The largest absolute Gasteiger partial charge is 0.383 e. The molecule has 0 aliphatic rings. The molecule has 0 atom stereocenters. The molecule has 1 amide bonds. The lowest BCUT2D eigenvalue weighted by atomic mass is 10.1. The SMILES string of the molecule is COCCN(C(=O)CCCCCN)C(C)C. The Bertz CT molecular complexity index is 184. The number of carbonyl (C=O) groups is 1. The van der Waals surface area contributed by atoms with E-state index in [1.54, 1.807) is 7.11 Å². The number of amides is 1. The first-order valence-electron chi connectivity index (χ1n) is 6.12. The fraction of sp³-hybridized carbons (Fsp3) is 0.917. The Labute approximate surface area is 99.1 Å². The van der Waals surface area contributed by atoms with Gasteiger partial charge in [0.05, 0.1) is 6.61 Å². The van der Waals surface area contributed by atoms with Crippen LogP contribution in [0.5, 0.6) is 0 Å². The molecule has 0 aromatic carbocycles. The van der Waals surface area contributed by atoms with Crippen LogP contribution in [0.25, 0.3) is 0 Å². The minimum absolute atomic E-state index is 0.226. The molecule has 0 rings (SSSR count). The third kappa shape index (κ3) is 6.80. The van der Waals surface area contributed by atoms with E-state index in [-0.39, 0.29) is 11.9 Å². The van der Waals surface area contributed by atoms with Gasteiger partial charge in [-0.1, -0.05) is 6.42 Å². The highest BCUT2D eigenvalue weighted by Crippen LogP contribution is 2.06. The van der Waals surface area contributed by atoms with Crippen LogP contribution in [0.3, 0.4) is 0 Å². The van der Waals surface area contributed by atoms with Crippen molar-refractivity contribution in [1.82, 2.24) is 4.90 Å². The van der Waals surface area contributed by atoms with E-state index in [0.717, 1.165) is 19.3 Å². The molecule has 0 heterocycles. The van der Waals surface area contributed by atoms with Gasteiger partial charge in [0.1, 0.15) is 0 Å². The van der Waals surface area contributed by atoms with Gasteiger partial charge in [-0.25, -0.2) is 0 Å². The Morgan fingerprint density at radius 2 is 2.00 bits per heavy atom. The Balaban J connectivity index is 3.87. The van der Waals surface area contributed by atoms with E-state index >= 15 is 0 Å². The van der Waals surface area contributed by atoms with E-state index in [9.17, 15) is 4.79 Å². The predicted octanol–water partition coefficient (Wildman–Crippen LogP) is 1.39. The third-order valence-electron chi connectivity index (χ3n) is 2.57. The normalized spacial score (nSPS) is 10.8. The number of nitrogens with zero attached hydrogens (tertiary/aromatic N) is 1. The Hall–Kier alpha value is -0.610. The maximum atomic E-state index is 11.9. The van der Waals surface area contributed by atoms with E-state index in [4.69, 9.17) is 10.5 Å². The van der Waals surface area contributed by atoms with Gasteiger partial charge in [-0.3, -0.25) is 4.79 Å². The van der Waals surface area contributed by atoms with Crippen LogP contribution in [0.15, 0.2) is 0 Å². The number of hydrogen-bond acceptors (Lipinski definition) is 3. The molecule has 0 aromatic rings. The van der Waals surface area contributed by atoms with Crippen molar-refractivity contribution < 1.29 is 9.53 Å². The van der Waals surface area contributed by atoms with Crippen molar-refractivity contribution >= 4 is 5.91 Å². The van der Waals surface area contributed by atoms with Crippen LogP contribution in [-0.2, 0) is 9.53 Å². The van der Waals surface area contributed by atoms with Gasteiger partial charge in [-0.2, -0.15) is 0 Å². The number of methoxy groups -OCH3 is 1. The summed E-state index contributed by atoms with van der Waals surface area (Å²) in [5, 5.41) is 0. The maximum absolute atomic E-state index is 11.9. The van der Waals surface area contributed by atoms with Gasteiger partial charge < -0.3 is 15.4 Å². The number of unbranched alkanes of at least 4 members (excludes halogenated alkanes) is 2. The number of hydrogen-bond donors (Lipinski definition) is 1. The van der Waals surface area contributed by atoms with Gasteiger partial charge in [0.25, 0.3) is 0 Å².